The number of carbonyl (C=O) groups excluding carboxylic acids is 4. The zero-order chi connectivity index (χ0) is 92.8. The minimum Gasteiger partial charge on any atom is -0.470 e. The Morgan fingerprint density at radius 1 is 0.403 bits per heavy atom. The van der Waals surface area contributed by atoms with E-state index in [1.807, 2.05) is 38.0 Å². The molecule has 20 aromatic rings. The van der Waals surface area contributed by atoms with Gasteiger partial charge in [0.25, 0.3) is 0 Å². The fourth-order valence-electron chi connectivity index (χ4n) is 17.1. The van der Waals surface area contributed by atoms with E-state index in [-0.39, 0.29) is 92.6 Å². The first-order valence-corrected chi connectivity index (χ1v) is 42.4. The lowest BCUT2D eigenvalue weighted by atomic mass is 9.97. The Kier molecular flexibility index (Phi) is 21.7. The number of hydrogen-bond acceptors (Lipinski definition) is 20. The lowest BCUT2D eigenvalue weighted by molar-refractivity contribution is -0.141. The number of pyridine rings is 3. The molecule has 9 aromatic carbocycles. The number of aromatic nitrogens is 12. The minimum absolute atomic E-state index is 0.0200. The van der Waals surface area contributed by atoms with Gasteiger partial charge in [-0.25, -0.2) is 70.2 Å². The van der Waals surface area contributed by atoms with Gasteiger partial charge in [-0.15, -0.1) is 0 Å². The number of aromatic amines is 2. The Morgan fingerprint density at radius 2 is 0.731 bits per heavy atom. The maximum Gasteiger partial charge on any atom is 0.347 e. The lowest BCUT2D eigenvalue weighted by Crippen LogP contribution is -2.16. The third kappa shape index (κ3) is 14.9. The molecule has 11 aromatic heterocycles. The van der Waals surface area contributed by atoms with E-state index in [9.17, 15) is 55.1 Å². The van der Waals surface area contributed by atoms with E-state index in [2.05, 4.69) is 25.1 Å². The highest BCUT2D eigenvalue weighted by atomic mass is 19.1. The predicted octanol–water partition coefficient (Wildman–Crippen LogP) is 20.9. The fraction of sp³-hybridized carbons (Fsp3) is 0.119. The van der Waals surface area contributed by atoms with Crippen LogP contribution in [-0.4, -0.2) is 94.7 Å². The average Bonchev–Trinajstić information content (AvgIpc) is 1.57. The molecule has 0 radical (unpaired) electrons. The first kappa shape index (κ1) is 84.9. The van der Waals surface area contributed by atoms with Crippen molar-refractivity contribution < 1.29 is 77.7 Å². The number of rotatable bonds is 16. The van der Waals surface area contributed by atoms with Crippen molar-refractivity contribution in [3.8, 4) is 131 Å². The van der Waals surface area contributed by atoms with Crippen LogP contribution >= 0.6 is 0 Å². The number of carbonyl (C=O) groups is 4. The summed E-state index contributed by atoms with van der Waals surface area (Å²) in [4.78, 5) is 90.2. The summed E-state index contributed by atoms with van der Waals surface area (Å²) in [5, 5.41) is 15.6. The third-order valence-corrected chi connectivity index (χ3v) is 23.5. The van der Waals surface area contributed by atoms with Crippen LogP contribution in [0.15, 0.2) is 254 Å². The standard InChI is InChI=1S/2C33H21F2N5O4.C31H21F2N3O3.C4H9NO2/c2*1-2-27(41)30-21-12-20(23-10-11-28-31(37-23)26-13-19-22(35)4-3-5-24(19)40(26)16-43-28)25(39-15-36-38-33(39)42)14-29(21)44-32(30)17-6-8-18(34)9-7-17;1-2-26(37)29-20-12-19(22(34)14-28(20)39-31(29)16-6-8-17(32)9-7-16)23-10-11-27-30(35-23)25-13-18-21(33)4-3-5-24(18)36(25)15-38-27;1-2-7-4(6)3-5/h2*3-15H,2,16H2,1H3,(H,38,42);3-14H,2,15,34H2,1H3;2-3,5H2,1H3. The van der Waals surface area contributed by atoms with Gasteiger partial charge in [0.15, 0.2) is 37.5 Å². The Hall–Kier alpha value is -17.2. The van der Waals surface area contributed by atoms with E-state index < -0.39 is 23.0 Å². The van der Waals surface area contributed by atoms with Crippen LogP contribution in [0.2, 0.25) is 0 Å². The van der Waals surface area contributed by atoms with Crippen LogP contribution in [0.4, 0.5) is 32.0 Å². The van der Waals surface area contributed by atoms with E-state index in [4.69, 9.17) is 53.9 Å². The molecule has 14 heterocycles. The van der Waals surface area contributed by atoms with Gasteiger partial charge in [0.1, 0.15) is 116 Å². The molecule has 3 aliphatic heterocycles. The van der Waals surface area contributed by atoms with E-state index in [1.165, 1.54) is 76.4 Å². The first-order valence-electron chi connectivity index (χ1n) is 42.4. The number of H-pyrrole nitrogens is 2. The molecule has 0 bridgehead atoms. The van der Waals surface area contributed by atoms with E-state index in [0.717, 1.165) is 11.2 Å². The average molecular weight is 1800 g/mol. The van der Waals surface area contributed by atoms with E-state index >= 15 is 0 Å². The summed E-state index contributed by atoms with van der Waals surface area (Å²) in [6, 6.07) is 58.2. The summed E-state index contributed by atoms with van der Waals surface area (Å²) >= 11 is 0. The van der Waals surface area contributed by atoms with Crippen molar-refractivity contribution in [2.45, 2.75) is 67.1 Å². The Labute approximate surface area is 752 Å². The molecular weight excluding hydrogens is 1730 g/mol. The van der Waals surface area contributed by atoms with Crippen LogP contribution in [0.1, 0.15) is 78.0 Å². The van der Waals surface area contributed by atoms with E-state index in [0.29, 0.717) is 214 Å². The molecule has 23 rings (SSSR count). The molecular formula is C101H72F6N14O13. The zero-order valence-electron chi connectivity index (χ0n) is 71.3. The highest BCUT2D eigenvalue weighted by molar-refractivity contribution is 6.16. The van der Waals surface area contributed by atoms with Crippen molar-refractivity contribution in [1.29, 1.82) is 0 Å². The largest absolute Gasteiger partial charge is 0.470 e. The van der Waals surface area contributed by atoms with Gasteiger partial charge in [-0.2, -0.15) is 10.2 Å². The smallest absolute Gasteiger partial charge is 0.347 e. The van der Waals surface area contributed by atoms with Crippen molar-refractivity contribution in [3.63, 3.8) is 0 Å². The Morgan fingerprint density at radius 3 is 1.04 bits per heavy atom. The number of hydrogen-bond donors (Lipinski definition) is 4. The number of nitrogen functional groups attached to an aromatic ring is 1. The molecule has 0 spiro atoms. The fourth-order valence-corrected chi connectivity index (χ4v) is 17.1. The number of ketones is 3. The van der Waals surface area contributed by atoms with Crippen LogP contribution in [0.25, 0.3) is 179 Å². The van der Waals surface area contributed by atoms with E-state index in [1.54, 1.807) is 167 Å². The number of nitrogens with one attached hydrogen (secondary N) is 2. The number of halogens is 6. The van der Waals surface area contributed by atoms with Gasteiger partial charge in [-0.05, 0) is 189 Å². The van der Waals surface area contributed by atoms with Crippen molar-refractivity contribution in [2.75, 3.05) is 18.9 Å². The molecule has 6 N–H and O–H groups in total. The van der Waals surface area contributed by atoms with Gasteiger partial charge in [0.05, 0.1) is 91.9 Å². The molecule has 0 unspecified atom stereocenters. The minimum atomic E-state index is -0.488. The second-order valence-corrected chi connectivity index (χ2v) is 31.3. The number of esters is 1. The van der Waals surface area contributed by atoms with Crippen molar-refractivity contribution in [3.05, 3.63) is 304 Å². The molecule has 666 valence electrons. The molecule has 33 heteroatoms. The highest BCUT2D eigenvalue weighted by Gasteiger charge is 2.33. The normalized spacial score (nSPS) is 12.1. The molecule has 0 saturated heterocycles. The van der Waals surface area contributed by atoms with Gasteiger partial charge in [0, 0.05) is 109 Å². The van der Waals surface area contributed by atoms with Crippen LogP contribution in [0.5, 0.6) is 17.2 Å². The summed E-state index contributed by atoms with van der Waals surface area (Å²) in [6.07, 6.45) is 3.36. The van der Waals surface area contributed by atoms with Gasteiger partial charge in [0.2, 0.25) is 0 Å². The third-order valence-electron chi connectivity index (χ3n) is 23.5. The summed E-state index contributed by atoms with van der Waals surface area (Å²) < 4.78 is 134. The molecule has 0 fully saturated rings. The molecule has 0 atom stereocenters. The quantitative estimate of drug-likeness (QED) is 0.0302. The monoisotopic (exact) mass is 1800 g/mol. The SMILES string of the molecule is CCC(=O)c1c(-c2ccc(F)cc2)oc2cc(-n3cn[nH]c3=O)c(-c3ccc4c(n3)-c3cc5c(F)cccc5n3CO4)cc12.CCC(=O)c1c(-c2ccc(F)cc2)oc2cc(-n3cn[nH]c3=O)c(-c3ccc4c(n3)-c3cc5c(F)cccc5n3CO4)cc12.CCC(=O)c1c(-c2ccc(F)cc2)oc2cc(N)c(-c3ccc4c(n3)-c3cc5c(F)cccc5n3CO4)cc12.CCOC(=O)CN. The van der Waals surface area contributed by atoms with Gasteiger partial charge in [-0.1, -0.05) is 39.0 Å². The summed E-state index contributed by atoms with van der Waals surface area (Å²) in [7, 11) is 0. The first-order chi connectivity index (χ1) is 65.0. The molecule has 27 nitrogen and oxygen atoms in total. The molecule has 0 amide bonds. The number of anilines is 1. The van der Waals surface area contributed by atoms with Crippen LogP contribution < -0.4 is 37.1 Å². The number of nitrogens with zero attached hydrogens (tertiary/aromatic N) is 10. The van der Waals surface area contributed by atoms with Crippen LogP contribution in [0.3, 0.4) is 0 Å². The Balaban J connectivity index is 0.000000121. The molecule has 0 saturated carbocycles. The van der Waals surface area contributed by atoms with Crippen LogP contribution in [-0.2, 0) is 29.7 Å². The van der Waals surface area contributed by atoms with Gasteiger partial charge >= 0.3 is 17.3 Å². The van der Waals surface area contributed by atoms with Crippen molar-refractivity contribution >= 4 is 94.6 Å². The molecule has 3 aliphatic rings. The number of fused-ring (bicyclic) bond motifs is 18. The second kappa shape index (κ2) is 34.3. The number of benzene rings is 9. The maximum atomic E-state index is 14.7. The van der Waals surface area contributed by atoms with Crippen molar-refractivity contribution in [2.24, 2.45) is 5.73 Å². The van der Waals surface area contributed by atoms with Crippen LogP contribution in [0, 0.1) is 34.9 Å². The maximum absolute atomic E-state index is 14.7. The molecule has 134 heavy (non-hydrogen) atoms. The second-order valence-electron chi connectivity index (χ2n) is 31.3. The van der Waals surface area contributed by atoms with Gasteiger partial charge in [-0.3, -0.25) is 19.2 Å². The summed E-state index contributed by atoms with van der Waals surface area (Å²) in [5.41, 5.74) is 24.4. The predicted molar refractivity (Wildman–Crippen MR) is 489 cm³/mol. The zero-order valence-corrected chi connectivity index (χ0v) is 71.3. The number of nitrogens with two attached hydrogens (primary N) is 2. The molecule has 0 aliphatic carbocycles. The Bertz CT molecular complexity index is 8010. The van der Waals surface area contributed by atoms with Crippen molar-refractivity contribution in [1.82, 2.24) is 58.2 Å². The summed E-state index contributed by atoms with van der Waals surface area (Å²) in [5.74, 6) is -0.411. The number of Topliss-reactive ketones (excluding diaryl/α,β-unsaturated/α-hetero) is 3. The number of ether oxygens (including phenoxy) is 4. The highest BCUT2D eigenvalue weighted by Crippen LogP contribution is 2.48. The summed E-state index contributed by atoms with van der Waals surface area (Å²) in [6.45, 7) is 8.06. The lowest BCUT2D eigenvalue weighted by Gasteiger charge is -2.21. The topological polar surface area (TPSA) is 351 Å². The van der Waals surface area contributed by atoms with Gasteiger partial charge < -0.3 is 57.4 Å². The number of furan rings is 3.